The Morgan fingerprint density at radius 3 is 2.67 bits per heavy atom. The number of carbonyl (C=O) groups excluding carboxylic acids is 1. The number of furan rings is 1. The minimum atomic E-state index is -0.284. The number of morpholine rings is 1. The molecule has 0 aliphatic carbocycles. The number of benzene rings is 1. The zero-order valence-electron chi connectivity index (χ0n) is 11.7. The average Bonchev–Trinajstić information content (AvgIpc) is 2.94. The SMILES string of the molecule is Cc1ccc(C(=O)N2CCO[C@@H](c3ccc(F)cc3)C2)o1. The summed E-state index contributed by atoms with van der Waals surface area (Å²) >= 11 is 0. The number of aryl methyl sites for hydroxylation is 1. The molecule has 0 radical (unpaired) electrons. The molecule has 2 aromatic rings. The highest BCUT2D eigenvalue weighted by Crippen LogP contribution is 2.23. The number of carbonyl (C=O) groups is 1. The predicted octanol–water partition coefficient (Wildman–Crippen LogP) is 2.94. The Morgan fingerprint density at radius 1 is 1.24 bits per heavy atom. The summed E-state index contributed by atoms with van der Waals surface area (Å²) in [6, 6.07) is 9.62. The van der Waals surface area contributed by atoms with Gasteiger partial charge in [-0.3, -0.25) is 4.79 Å². The fourth-order valence-corrected chi connectivity index (χ4v) is 2.42. The Morgan fingerprint density at radius 2 is 2.00 bits per heavy atom. The van der Waals surface area contributed by atoms with Crippen molar-refractivity contribution in [2.75, 3.05) is 19.7 Å². The van der Waals surface area contributed by atoms with Gasteiger partial charge in [-0.1, -0.05) is 12.1 Å². The first-order valence-corrected chi connectivity index (χ1v) is 6.86. The van der Waals surface area contributed by atoms with E-state index in [0.717, 1.165) is 5.56 Å². The van der Waals surface area contributed by atoms with Crippen molar-refractivity contribution < 1.29 is 18.3 Å². The Labute approximate surface area is 122 Å². The van der Waals surface area contributed by atoms with Crippen LogP contribution in [0, 0.1) is 12.7 Å². The molecule has 1 fully saturated rings. The second kappa shape index (κ2) is 5.69. The lowest BCUT2D eigenvalue weighted by molar-refractivity contribution is -0.0238. The number of nitrogens with zero attached hydrogens (tertiary/aromatic N) is 1. The molecule has 0 spiro atoms. The molecule has 1 aliphatic rings. The summed E-state index contributed by atoms with van der Waals surface area (Å²) in [6.45, 7) is 3.21. The average molecular weight is 289 g/mol. The Kier molecular flexibility index (Phi) is 3.75. The fourth-order valence-electron chi connectivity index (χ4n) is 2.42. The van der Waals surface area contributed by atoms with Crippen LogP contribution in [0.1, 0.15) is 28.0 Å². The zero-order valence-corrected chi connectivity index (χ0v) is 11.7. The number of ether oxygens (including phenoxy) is 1. The molecule has 1 aliphatic heterocycles. The lowest BCUT2D eigenvalue weighted by atomic mass is 10.1. The van der Waals surface area contributed by atoms with Crippen molar-refractivity contribution in [3.63, 3.8) is 0 Å². The van der Waals surface area contributed by atoms with Gasteiger partial charge >= 0.3 is 0 Å². The summed E-state index contributed by atoms with van der Waals surface area (Å²) in [6.07, 6.45) is -0.237. The summed E-state index contributed by atoms with van der Waals surface area (Å²) in [7, 11) is 0. The lowest BCUT2D eigenvalue weighted by Gasteiger charge is -2.32. The van der Waals surface area contributed by atoms with Gasteiger partial charge in [0.05, 0.1) is 13.2 Å². The van der Waals surface area contributed by atoms with Crippen LogP contribution in [0.3, 0.4) is 0 Å². The maximum absolute atomic E-state index is 13.0. The van der Waals surface area contributed by atoms with Crippen LogP contribution in [0.5, 0.6) is 0 Å². The van der Waals surface area contributed by atoms with Gasteiger partial charge in [0.25, 0.3) is 5.91 Å². The van der Waals surface area contributed by atoms with Crippen molar-refractivity contribution in [3.8, 4) is 0 Å². The van der Waals surface area contributed by atoms with Crippen molar-refractivity contribution in [1.82, 2.24) is 4.90 Å². The van der Waals surface area contributed by atoms with Crippen LogP contribution in [0.25, 0.3) is 0 Å². The van der Waals surface area contributed by atoms with Crippen LogP contribution in [0.2, 0.25) is 0 Å². The molecule has 1 aromatic carbocycles. The first kappa shape index (κ1) is 13.8. The van der Waals surface area contributed by atoms with Gasteiger partial charge in [0.15, 0.2) is 5.76 Å². The molecule has 0 unspecified atom stereocenters. The number of hydrogen-bond acceptors (Lipinski definition) is 3. The maximum Gasteiger partial charge on any atom is 0.289 e. The lowest BCUT2D eigenvalue weighted by Crippen LogP contribution is -2.42. The highest BCUT2D eigenvalue weighted by Gasteiger charge is 2.27. The first-order chi connectivity index (χ1) is 10.1. The molecule has 110 valence electrons. The van der Waals surface area contributed by atoms with Crippen LogP contribution in [-0.4, -0.2) is 30.5 Å². The molecule has 4 nitrogen and oxygen atoms in total. The summed E-state index contributed by atoms with van der Waals surface area (Å²) < 4.78 is 24.0. The second-order valence-electron chi connectivity index (χ2n) is 5.07. The number of rotatable bonds is 2. The molecule has 3 rings (SSSR count). The van der Waals surface area contributed by atoms with E-state index in [1.165, 1.54) is 12.1 Å². The Hall–Kier alpha value is -2.14. The predicted molar refractivity (Wildman–Crippen MR) is 74.4 cm³/mol. The Bertz CT molecular complexity index is 635. The highest BCUT2D eigenvalue weighted by molar-refractivity contribution is 5.91. The van der Waals surface area contributed by atoms with Gasteiger partial charge in [0, 0.05) is 6.54 Å². The highest BCUT2D eigenvalue weighted by atomic mass is 19.1. The van der Waals surface area contributed by atoms with Gasteiger partial charge in [0.1, 0.15) is 17.7 Å². The van der Waals surface area contributed by atoms with E-state index in [9.17, 15) is 9.18 Å². The Balaban J connectivity index is 1.73. The molecule has 0 N–H and O–H groups in total. The number of amides is 1. The van der Waals surface area contributed by atoms with Crippen LogP contribution in [0.15, 0.2) is 40.8 Å². The summed E-state index contributed by atoms with van der Waals surface area (Å²) in [5.41, 5.74) is 0.865. The quantitative estimate of drug-likeness (QED) is 0.853. The van der Waals surface area contributed by atoms with Crippen LogP contribution in [0.4, 0.5) is 4.39 Å². The smallest absolute Gasteiger partial charge is 0.289 e. The van der Waals surface area contributed by atoms with Gasteiger partial charge in [-0.2, -0.15) is 0 Å². The minimum Gasteiger partial charge on any atom is -0.456 e. The van der Waals surface area contributed by atoms with E-state index in [1.54, 1.807) is 36.1 Å². The van der Waals surface area contributed by atoms with E-state index in [0.29, 0.717) is 31.2 Å². The molecule has 5 heteroatoms. The third-order valence-corrected chi connectivity index (χ3v) is 3.55. The van der Waals surface area contributed by atoms with Crippen molar-refractivity contribution in [2.45, 2.75) is 13.0 Å². The third kappa shape index (κ3) is 2.97. The summed E-state index contributed by atoms with van der Waals surface area (Å²) in [4.78, 5) is 14.1. The summed E-state index contributed by atoms with van der Waals surface area (Å²) in [5.74, 6) is 0.626. The van der Waals surface area contributed by atoms with Crippen LogP contribution in [-0.2, 0) is 4.74 Å². The summed E-state index contributed by atoms with van der Waals surface area (Å²) in [5, 5.41) is 0. The van der Waals surface area contributed by atoms with Gasteiger partial charge < -0.3 is 14.1 Å². The molecule has 1 saturated heterocycles. The van der Waals surface area contributed by atoms with Crippen molar-refractivity contribution in [2.24, 2.45) is 0 Å². The van der Waals surface area contributed by atoms with E-state index < -0.39 is 0 Å². The van der Waals surface area contributed by atoms with Gasteiger partial charge in [-0.25, -0.2) is 4.39 Å². The molecular weight excluding hydrogens is 273 g/mol. The molecule has 2 heterocycles. The van der Waals surface area contributed by atoms with E-state index >= 15 is 0 Å². The van der Waals surface area contributed by atoms with Gasteiger partial charge in [0.2, 0.25) is 0 Å². The first-order valence-electron chi connectivity index (χ1n) is 6.86. The molecule has 1 aromatic heterocycles. The topological polar surface area (TPSA) is 42.7 Å². The van der Waals surface area contributed by atoms with E-state index in [4.69, 9.17) is 9.15 Å². The van der Waals surface area contributed by atoms with Crippen molar-refractivity contribution >= 4 is 5.91 Å². The van der Waals surface area contributed by atoms with Crippen LogP contribution >= 0.6 is 0 Å². The van der Waals surface area contributed by atoms with Crippen molar-refractivity contribution in [3.05, 3.63) is 59.3 Å². The van der Waals surface area contributed by atoms with E-state index in [1.807, 2.05) is 0 Å². The third-order valence-electron chi connectivity index (χ3n) is 3.55. The molecular formula is C16H16FNO3. The largest absolute Gasteiger partial charge is 0.456 e. The second-order valence-corrected chi connectivity index (χ2v) is 5.07. The standard InChI is InChI=1S/C16H16FNO3/c1-11-2-7-14(21-11)16(19)18-8-9-20-15(10-18)12-3-5-13(17)6-4-12/h2-7,15H,8-10H2,1H3/t15-/m1/s1. The molecule has 21 heavy (non-hydrogen) atoms. The van der Waals surface area contributed by atoms with E-state index in [2.05, 4.69) is 0 Å². The molecule has 1 amide bonds. The van der Waals surface area contributed by atoms with Crippen molar-refractivity contribution in [1.29, 1.82) is 0 Å². The fraction of sp³-hybridized carbons (Fsp3) is 0.312. The zero-order chi connectivity index (χ0) is 14.8. The minimum absolute atomic E-state index is 0.140. The van der Waals surface area contributed by atoms with Crippen LogP contribution < -0.4 is 0 Å². The van der Waals surface area contributed by atoms with E-state index in [-0.39, 0.29) is 17.8 Å². The monoisotopic (exact) mass is 289 g/mol. The molecule has 0 saturated carbocycles. The maximum atomic E-state index is 13.0. The number of halogens is 1. The molecule has 1 atom stereocenters. The normalized spacial score (nSPS) is 18.8. The number of hydrogen-bond donors (Lipinski definition) is 0. The van der Waals surface area contributed by atoms with Gasteiger partial charge in [-0.15, -0.1) is 0 Å². The van der Waals surface area contributed by atoms with Gasteiger partial charge in [-0.05, 0) is 36.8 Å². The molecule has 0 bridgehead atoms.